The van der Waals surface area contributed by atoms with Gasteiger partial charge in [0.2, 0.25) is 0 Å². The van der Waals surface area contributed by atoms with Gasteiger partial charge in [-0.3, -0.25) is 4.79 Å². The van der Waals surface area contributed by atoms with Crippen LogP contribution in [0.15, 0.2) is 34.9 Å². The van der Waals surface area contributed by atoms with Gasteiger partial charge in [0.25, 0.3) is 0 Å². The van der Waals surface area contributed by atoms with Crippen LogP contribution in [-0.2, 0) is 6.42 Å². The second kappa shape index (κ2) is 5.02. The summed E-state index contributed by atoms with van der Waals surface area (Å²) in [5, 5.41) is 0. The SMILES string of the molecule is COc1ccc(-n2ccc3c2CC(C)(C)CC3=O)cc1Br. The van der Waals surface area contributed by atoms with Crippen molar-refractivity contribution in [3.05, 3.63) is 46.2 Å². The third kappa shape index (κ3) is 2.53. The van der Waals surface area contributed by atoms with Gasteiger partial charge in [0, 0.05) is 29.6 Å². The molecule has 1 aromatic carbocycles. The van der Waals surface area contributed by atoms with Gasteiger partial charge in [0.15, 0.2) is 5.78 Å². The molecule has 0 fully saturated rings. The lowest BCUT2D eigenvalue weighted by Gasteiger charge is -2.29. The van der Waals surface area contributed by atoms with E-state index in [-0.39, 0.29) is 11.2 Å². The Labute approximate surface area is 133 Å². The van der Waals surface area contributed by atoms with Crippen molar-refractivity contribution in [2.24, 2.45) is 5.41 Å². The molecule has 3 nitrogen and oxygen atoms in total. The lowest BCUT2D eigenvalue weighted by atomic mass is 9.76. The van der Waals surface area contributed by atoms with Gasteiger partial charge in [-0.05, 0) is 52.0 Å². The molecule has 3 rings (SSSR count). The number of ether oxygens (including phenoxy) is 1. The summed E-state index contributed by atoms with van der Waals surface area (Å²) in [5.74, 6) is 1.05. The number of nitrogens with zero attached hydrogens (tertiary/aromatic N) is 1. The number of carbonyl (C=O) groups is 1. The summed E-state index contributed by atoms with van der Waals surface area (Å²) in [5.41, 5.74) is 3.02. The highest BCUT2D eigenvalue weighted by atomic mass is 79.9. The normalized spacial score (nSPS) is 16.7. The Kier molecular flexibility index (Phi) is 3.44. The molecule has 0 bridgehead atoms. The molecule has 0 radical (unpaired) electrons. The molecule has 2 aromatic rings. The van der Waals surface area contributed by atoms with Gasteiger partial charge >= 0.3 is 0 Å². The first kappa shape index (κ1) is 14.4. The number of carbonyl (C=O) groups excluding carboxylic acids is 1. The van der Waals surface area contributed by atoms with Crippen LogP contribution in [0.2, 0.25) is 0 Å². The first-order valence-electron chi connectivity index (χ1n) is 6.99. The first-order valence-corrected chi connectivity index (χ1v) is 7.78. The topological polar surface area (TPSA) is 31.2 Å². The molecular weight excluding hydrogens is 330 g/mol. The van der Waals surface area contributed by atoms with E-state index in [1.165, 1.54) is 0 Å². The third-order valence-electron chi connectivity index (χ3n) is 3.99. The molecule has 0 atom stereocenters. The van der Waals surface area contributed by atoms with Crippen LogP contribution in [0.25, 0.3) is 5.69 Å². The Hall–Kier alpha value is -1.55. The molecule has 0 spiro atoms. The van der Waals surface area contributed by atoms with Crippen LogP contribution in [0.1, 0.15) is 36.3 Å². The summed E-state index contributed by atoms with van der Waals surface area (Å²) in [6, 6.07) is 7.90. The highest BCUT2D eigenvalue weighted by Crippen LogP contribution is 2.37. The zero-order chi connectivity index (χ0) is 15.2. The first-order chi connectivity index (χ1) is 9.91. The molecule has 0 unspecified atom stereocenters. The molecule has 0 saturated carbocycles. The molecule has 1 aliphatic carbocycles. The molecular formula is C17H18BrNO2. The van der Waals surface area contributed by atoms with Crippen LogP contribution >= 0.6 is 15.9 Å². The summed E-state index contributed by atoms with van der Waals surface area (Å²) < 4.78 is 8.29. The van der Waals surface area contributed by atoms with Crippen LogP contribution in [0.3, 0.4) is 0 Å². The van der Waals surface area contributed by atoms with Gasteiger partial charge in [-0.2, -0.15) is 0 Å². The van der Waals surface area contributed by atoms with E-state index >= 15 is 0 Å². The molecule has 4 heteroatoms. The van der Waals surface area contributed by atoms with Crippen molar-refractivity contribution in [1.82, 2.24) is 4.57 Å². The van der Waals surface area contributed by atoms with Gasteiger partial charge < -0.3 is 9.30 Å². The minimum atomic E-state index is 0.0177. The van der Waals surface area contributed by atoms with Gasteiger partial charge in [-0.15, -0.1) is 0 Å². The molecule has 0 saturated heterocycles. The van der Waals surface area contributed by atoms with E-state index in [1.807, 2.05) is 30.5 Å². The molecule has 1 heterocycles. The number of Topliss-reactive ketones (excluding diaryl/α,β-unsaturated/α-hetero) is 1. The average Bonchev–Trinajstić information content (AvgIpc) is 2.81. The number of methoxy groups -OCH3 is 1. The van der Waals surface area contributed by atoms with Gasteiger partial charge in [-0.1, -0.05) is 13.8 Å². The van der Waals surface area contributed by atoms with E-state index in [4.69, 9.17) is 4.74 Å². The van der Waals surface area contributed by atoms with Gasteiger partial charge in [-0.25, -0.2) is 0 Å². The molecule has 1 aliphatic rings. The summed E-state index contributed by atoms with van der Waals surface area (Å²) in [7, 11) is 1.65. The maximum Gasteiger partial charge on any atom is 0.165 e. The van der Waals surface area contributed by atoms with E-state index in [1.54, 1.807) is 7.11 Å². The zero-order valence-electron chi connectivity index (χ0n) is 12.4. The van der Waals surface area contributed by atoms with E-state index in [2.05, 4.69) is 34.3 Å². The number of rotatable bonds is 2. The average molecular weight is 348 g/mol. The lowest BCUT2D eigenvalue weighted by molar-refractivity contribution is 0.0911. The fourth-order valence-electron chi connectivity index (χ4n) is 2.99. The molecule has 1 aromatic heterocycles. The van der Waals surface area contributed by atoms with Crippen molar-refractivity contribution in [1.29, 1.82) is 0 Å². The number of hydrogen-bond donors (Lipinski definition) is 0. The largest absolute Gasteiger partial charge is 0.496 e. The summed E-state index contributed by atoms with van der Waals surface area (Å²) in [4.78, 5) is 12.3. The van der Waals surface area contributed by atoms with Crippen LogP contribution in [0.4, 0.5) is 0 Å². The van der Waals surface area contributed by atoms with Crippen LogP contribution < -0.4 is 4.74 Å². The standard InChI is InChI=1S/C17H18BrNO2/c1-17(2)9-14-12(15(20)10-17)6-7-19(14)11-4-5-16(21-3)13(18)8-11/h4-8H,9-10H2,1-3H3. The smallest absolute Gasteiger partial charge is 0.165 e. The van der Waals surface area contributed by atoms with Crippen LogP contribution in [0.5, 0.6) is 5.75 Å². The summed E-state index contributed by atoms with van der Waals surface area (Å²) >= 11 is 3.52. The van der Waals surface area contributed by atoms with Crippen LogP contribution in [0, 0.1) is 5.41 Å². The van der Waals surface area contributed by atoms with Crippen molar-refractivity contribution in [3.8, 4) is 11.4 Å². The van der Waals surface area contributed by atoms with Gasteiger partial charge in [0.05, 0.1) is 11.6 Å². The van der Waals surface area contributed by atoms with Crippen molar-refractivity contribution < 1.29 is 9.53 Å². The summed E-state index contributed by atoms with van der Waals surface area (Å²) in [6.07, 6.45) is 3.51. The van der Waals surface area contributed by atoms with E-state index < -0.39 is 0 Å². The molecule has 0 aliphatic heterocycles. The molecule has 110 valence electrons. The molecule has 21 heavy (non-hydrogen) atoms. The zero-order valence-corrected chi connectivity index (χ0v) is 14.0. The highest BCUT2D eigenvalue weighted by molar-refractivity contribution is 9.10. The predicted octanol–water partition coefficient (Wildman–Crippen LogP) is 4.40. The Morgan fingerprint density at radius 2 is 2.00 bits per heavy atom. The second-order valence-electron chi connectivity index (χ2n) is 6.31. The van der Waals surface area contributed by atoms with Crippen molar-refractivity contribution in [2.75, 3.05) is 7.11 Å². The Morgan fingerprint density at radius 3 is 2.67 bits per heavy atom. The van der Waals surface area contributed by atoms with E-state index in [9.17, 15) is 4.79 Å². The number of ketones is 1. The predicted molar refractivity (Wildman–Crippen MR) is 86.5 cm³/mol. The van der Waals surface area contributed by atoms with E-state index in [0.717, 1.165) is 33.6 Å². The number of fused-ring (bicyclic) bond motifs is 1. The highest BCUT2D eigenvalue weighted by Gasteiger charge is 2.33. The maximum absolute atomic E-state index is 12.3. The third-order valence-corrected chi connectivity index (χ3v) is 4.61. The van der Waals surface area contributed by atoms with Crippen molar-refractivity contribution in [2.45, 2.75) is 26.7 Å². The molecule has 0 N–H and O–H groups in total. The number of hydrogen-bond acceptors (Lipinski definition) is 2. The summed E-state index contributed by atoms with van der Waals surface area (Å²) in [6.45, 7) is 4.30. The number of halogens is 1. The van der Waals surface area contributed by atoms with Crippen LogP contribution in [-0.4, -0.2) is 17.5 Å². The fraction of sp³-hybridized carbons (Fsp3) is 0.353. The minimum absolute atomic E-state index is 0.0177. The number of benzene rings is 1. The van der Waals surface area contributed by atoms with E-state index in [0.29, 0.717) is 6.42 Å². The van der Waals surface area contributed by atoms with Gasteiger partial charge in [0.1, 0.15) is 5.75 Å². The molecule has 0 amide bonds. The minimum Gasteiger partial charge on any atom is -0.496 e. The number of aromatic nitrogens is 1. The Bertz CT molecular complexity index is 716. The Balaban J connectivity index is 2.09. The Morgan fingerprint density at radius 1 is 1.24 bits per heavy atom. The lowest BCUT2D eigenvalue weighted by Crippen LogP contribution is -2.27. The maximum atomic E-state index is 12.3. The van der Waals surface area contributed by atoms with Crippen molar-refractivity contribution in [3.63, 3.8) is 0 Å². The fourth-order valence-corrected chi connectivity index (χ4v) is 3.52. The quantitative estimate of drug-likeness (QED) is 0.805. The monoisotopic (exact) mass is 347 g/mol. The second-order valence-corrected chi connectivity index (χ2v) is 7.16. The van der Waals surface area contributed by atoms with Crippen molar-refractivity contribution >= 4 is 21.7 Å².